The molecule has 80 heavy (non-hydrogen) atoms. The molecule has 9 amide bonds. The Balaban J connectivity index is 0.948. The standard InChI is InChI=1S/C53H71N11O16/c1-6-75-31-41-61-46-47(64(41)32-53(4,5)74)37-9-7-8-10-38(37)59-48(46)62-52(73)80-30-35-11-13-36(14-12-35)58-51(72)39(29-40(54)65)60-50(71)34(3)57-49(70)33(2)56-43(67)18-21-76-23-25-78-27-28-79-26-24-77-22-19-55-42(66)17-20-63-44(68)15-16-45(63)69/h7-16,33-34,39,74H,6,17-32H2,1-5H3,(H2,54,65)(H,55,66)(H,56,67)(H,57,70)(H,58,72)(H,60,71)(H,59,62,73)/t33-,34-,39-/m0/s1. The zero-order valence-electron chi connectivity index (χ0n) is 45.5. The molecular formula is C53H71N11O16. The van der Waals surface area contributed by atoms with Crippen LogP contribution in [0.2, 0.25) is 0 Å². The van der Waals surface area contributed by atoms with E-state index in [1.54, 1.807) is 32.0 Å². The van der Waals surface area contributed by atoms with Crippen molar-refractivity contribution in [3.05, 3.63) is 72.1 Å². The Morgan fingerprint density at radius 1 is 0.700 bits per heavy atom. The first-order valence-electron chi connectivity index (χ1n) is 25.9. The van der Waals surface area contributed by atoms with Gasteiger partial charge in [0.1, 0.15) is 42.7 Å². The van der Waals surface area contributed by atoms with Crippen LogP contribution in [-0.2, 0) is 86.5 Å². The van der Waals surface area contributed by atoms with E-state index in [1.807, 2.05) is 29.7 Å². The molecule has 0 bridgehead atoms. The summed E-state index contributed by atoms with van der Waals surface area (Å²) in [6, 6.07) is 9.88. The van der Waals surface area contributed by atoms with Gasteiger partial charge < -0.3 is 70.4 Å². The first-order valence-corrected chi connectivity index (χ1v) is 25.9. The van der Waals surface area contributed by atoms with E-state index in [4.69, 9.17) is 39.1 Å². The molecular weight excluding hydrogens is 1050 g/mol. The number of fused-ring (bicyclic) bond motifs is 3. The molecule has 0 saturated carbocycles. The van der Waals surface area contributed by atoms with Crippen molar-refractivity contribution in [2.24, 2.45) is 5.73 Å². The summed E-state index contributed by atoms with van der Waals surface area (Å²) in [6.07, 6.45) is 0.864. The van der Waals surface area contributed by atoms with Gasteiger partial charge in [-0.15, -0.1) is 0 Å². The third kappa shape index (κ3) is 20.7. The van der Waals surface area contributed by atoms with Crippen molar-refractivity contribution in [2.75, 3.05) is 83.2 Å². The molecule has 0 fully saturated rings. The molecule has 1 aliphatic rings. The number of carbonyl (C=O) groups excluding carboxylic acids is 9. The average molecular weight is 1120 g/mol. The Morgan fingerprint density at radius 3 is 1.95 bits per heavy atom. The summed E-state index contributed by atoms with van der Waals surface area (Å²) in [6.45, 7) is 10.8. The number of amides is 9. The number of primary amides is 1. The highest BCUT2D eigenvalue weighted by molar-refractivity contribution is 6.13. The predicted octanol–water partition coefficient (Wildman–Crippen LogP) is 0.837. The third-order valence-electron chi connectivity index (χ3n) is 11.6. The molecule has 27 heteroatoms. The van der Waals surface area contributed by atoms with Crippen molar-refractivity contribution in [2.45, 2.75) is 97.4 Å². The third-order valence-corrected chi connectivity index (χ3v) is 11.6. The molecule has 0 radical (unpaired) electrons. The van der Waals surface area contributed by atoms with Gasteiger partial charge >= 0.3 is 6.09 Å². The molecule has 3 heterocycles. The molecule has 9 N–H and O–H groups in total. The first kappa shape index (κ1) is 62.9. The summed E-state index contributed by atoms with van der Waals surface area (Å²) in [5.41, 5.74) is 6.72. The number of aromatic nitrogens is 3. The molecule has 2 aromatic heterocycles. The number of ether oxygens (including phenoxy) is 6. The van der Waals surface area contributed by atoms with Crippen molar-refractivity contribution >= 4 is 86.8 Å². The second-order valence-electron chi connectivity index (χ2n) is 18.8. The highest BCUT2D eigenvalue weighted by Gasteiger charge is 2.29. The molecule has 434 valence electrons. The van der Waals surface area contributed by atoms with Crippen LogP contribution in [0.25, 0.3) is 21.9 Å². The van der Waals surface area contributed by atoms with Crippen LogP contribution in [0.3, 0.4) is 0 Å². The summed E-state index contributed by atoms with van der Waals surface area (Å²) >= 11 is 0. The molecule has 0 aliphatic carbocycles. The number of aliphatic hydroxyl groups is 1. The smallest absolute Gasteiger partial charge is 0.413 e. The largest absolute Gasteiger partial charge is 0.444 e. The summed E-state index contributed by atoms with van der Waals surface area (Å²) < 4.78 is 34.7. The van der Waals surface area contributed by atoms with Crippen LogP contribution in [0.4, 0.5) is 16.3 Å². The summed E-state index contributed by atoms with van der Waals surface area (Å²) in [4.78, 5) is 122. The number of imide groups is 1. The van der Waals surface area contributed by atoms with Crippen molar-refractivity contribution in [1.29, 1.82) is 0 Å². The van der Waals surface area contributed by atoms with E-state index in [9.17, 15) is 48.3 Å². The fourth-order valence-corrected chi connectivity index (χ4v) is 7.66. The monoisotopic (exact) mass is 1120 g/mol. The Kier molecular flexibility index (Phi) is 24.8. The van der Waals surface area contributed by atoms with Crippen LogP contribution >= 0.6 is 0 Å². The quantitative estimate of drug-likeness (QED) is 0.0234. The van der Waals surface area contributed by atoms with Crippen LogP contribution in [0.15, 0.2) is 60.7 Å². The van der Waals surface area contributed by atoms with Crippen LogP contribution in [-0.4, -0.2) is 174 Å². The number of benzene rings is 2. The van der Waals surface area contributed by atoms with E-state index in [1.165, 1.54) is 26.0 Å². The first-order chi connectivity index (χ1) is 38.2. The minimum atomic E-state index is -1.43. The Labute approximate surface area is 461 Å². The Hall–Kier alpha value is -7.95. The fraction of sp³-hybridized carbons (Fsp3) is 0.491. The van der Waals surface area contributed by atoms with Crippen LogP contribution < -0.4 is 37.6 Å². The Morgan fingerprint density at radius 2 is 1.31 bits per heavy atom. The topological polar surface area (TPSA) is 361 Å². The maximum Gasteiger partial charge on any atom is 0.413 e. The van der Waals surface area contributed by atoms with Gasteiger partial charge in [-0.2, -0.15) is 0 Å². The summed E-state index contributed by atoms with van der Waals surface area (Å²) in [5, 5.41) is 26.9. The van der Waals surface area contributed by atoms with Crippen LogP contribution in [0.5, 0.6) is 0 Å². The minimum Gasteiger partial charge on any atom is -0.444 e. The van der Waals surface area contributed by atoms with Gasteiger partial charge in [0.15, 0.2) is 5.82 Å². The van der Waals surface area contributed by atoms with Gasteiger partial charge in [-0.3, -0.25) is 48.6 Å². The molecule has 0 saturated heterocycles. The van der Waals surface area contributed by atoms with E-state index in [0.717, 1.165) is 22.4 Å². The van der Waals surface area contributed by atoms with Crippen LogP contribution in [0.1, 0.15) is 65.3 Å². The van der Waals surface area contributed by atoms with Gasteiger partial charge in [-0.25, -0.2) is 14.8 Å². The minimum absolute atomic E-state index is 0.00340. The highest BCUT2D eigenvalue weighted by atomic mass is 16.6. The van der Waals surface area contributed by atoms with E-state index in [2.05, 4.69) is 36.9 Å². The Bertz CT molecular complexity index is 2820. The molecule has 27 nitrogen and oxygen atoms in total. The van der Waals surface area contributed by atoms with Crippen molar-refractivity contribution in [1.82, 2.24) is 40.7 Å². The number of nitrogens with zero attached hydrogens (tertiary/aromatic N) is 4. The zero-order valence-corrected chi connectivity index (χ0v) is 45.5. The summed E-state index contributed by atoms with van der Waals surface area (Å²) in [5.74, 6) is -4.17. The van der Waals surface area contributed by atoms with Crippen LogP contribution in [0, 0.1) is 0 Å². The average Bonchev–Trinajstić information content (AvgIpc) is 3.99. The van der Waals surface area contributed by atoms with E-state index in [-0.39, 0.29) is 96.1 Å². The van der Waals surface area contributed by atoms with E-state index in [0.29, 0.717) is 54.4 Å². The fourth-order valence-electron chi connectivity index (χ4n) is 7.66. The lowest BCUT2D eigenvalue weighted by molar-refractivity contribution is -0.137. The number of nitrogens with two attached hydrogens (primary N) is 1. The molecule has 3 atom stereocenters. The molecule has 5 rings (SSSR count). The number of carbonyl (C=O) groups is 9. The van der Waals surface area contributed by atoms with Crippen molar-refractivity contribution in [3.63, 3.8) is 0 Å². The molecule has 4 aromatic rings. The maximum atomic E-state index is 13.3. The van der Waals surface area contributed by atoms with E-state index >= 15 is 0 Å². The molecule has 0 unspecified atom stereocenters. The maximum absolute atomic E-state index is 13.3. The predicted molar refractivity (Wildman–Crippen MR) is 288 cm³/mol. The number of hydrogen-bond acceptors (Lipinski definition) is 18. The van der Waals surface area contributed by atoms with Gasteiger partial charge in [0.05, 0.1) is 82.5 Å². The second-order valence-corrected chi connectivity index (χ2v) is 18.8. The van der Waals surface area contributed by atoms with Gasteiger partial charge in [-0.1, -0.05) is 30.3 Å². The number of para-hydroxylation sites is 1. The van der Waals surface area contributed by atoms with Crippen molar-refractivity contribution in [3.8, 4) is 0 Å². The molecule has 0 spiro atoms. The SMILES string of the molecule is CCOCc1nc2c(NC(=O)OCc3ccc(NC(=O)[C@H](CC(N)=O)NC(=O)[C@H](C)NC(=O)[C@H](C)NC(=O)CCOCCOCCOCCOCCNC(=O)CCN4C(=O)C=CC4=O)cc3)nc3ccccc3c2n1CC(C)(C)O. The van der Waals surface area contributed by atoms with Gasteiger partial charge in [0.2, 0.25) is 35.4 Å². The number of imidazole rings is 1. The van der Waals surface area contributed by atoms with Gasteiger partial charge in [-0.05, 0) is 58.4 Å². The number of pyridine rings is 1. The number of hydrogen-bond donors (Lipinski definition) is 8. The lowest BCUT2D eigenvalue weighted by Gasteiger charge is -2.22. The zero-order chi connectivity index (χ0) is 58.2. The number of nitrogens with one attached hydrogen (secondary N) is 6. The second kappa shape index (κ2) is 31.6. The van der Waals surface area contributed by atoms with Gasteiger partial charge in [0.25, 0.3) is 11.8 Å². The molecule has 1 aliphatic heterocycles. The number of anilines is 2. The van der Waals surface area contributed by atoms with E-state index < -0.39 is 77.6 Å². The molecule has 2 aromatic carbocycles. The van der Waals surface area contributed by atoms with Gasteiger partial charge in [0, 0.05) is 55.8 Å². The normalized spacial score (nSPS) is 13.4. The summed E-state index contributed by atoms with van der Waals surface area (Å²) in [7, 11) is 0. The lowest BCUT2D eigenvalue weighted by Crippen LogP contribution is -2.55. The lowest BCUT2D eigenvalue weighted by atomic mass is 10.1. The van der Waals surface area contributed by atoms with Crippen molar-refractivity contribution < 1.29 is 76.7 Å². The highest BCUT2D eigenvalue weighted by Crippen LogP contribution is 2.32. The number of rotatable bonds is 35.